The maximum absolute atomic E-state index is 11.1. The van der Waals surface area contributed by atoms with Gasteiger partial charge >= 0.3 is 5.97 Å². The zero-order valence-electron chi connectivity index (χ0n) is 12.1. The zero-order valence-corrected chi connectivity index (χ0v) is 12.8. The highest BCUT2D eigenvalue weighted by atomic mass is 35.5. The number of carbonyl (C=O) groups is 1. The second kappa shape index (κ2) is 8.56. The molecule has 7 heteroatoms. The number of ether oxygens (including phenoxy) is 3. The van der Waals surface area contributed by atoms with Crippen LogP contribution < -0.4 is 9.47 Å². The van der Waals surface area contributed by atoms with Crippen molar-refractivity contribution in [2.45, 2.75) is 6.92 Å². The van der Waals surface area contributed by atoms with Crippen LogP contribution in [0.25, 0.3) is 6.08 Å². The molecule has 22 heavy (non-hydrogen) atoms. The molecule has 0 aromatic heterocycles. The van der Waals surface area contributed by atoms with Gasteiger partial charge in [0, 0.05) is 6.07 Å². The van der Waals surface area contributed by atoms with Gasteiger partial charge in [-0.15, -0.1) is 0 Å². The Morgan fingerprint density at radius 3 is 2.45 bits per heavy atom. The zero-order chi connectivity index (χ0) is 16.5. The van der Waals surface area contributed by atoms with E-state index in [2.05, 4.69) is 4.74 Å². The van der Waals surface area contributed by atoms with Gasteiger partial charge in [0.25, 0.3) is 0 Å². The third-order valence-electron chi connectivity index (χ3n) is 2.48. The van der Waals surface area contributed by atoms with Gasteiger partial charge < -0.3 is 14.2 Å². The van der Waals surface area contributed by atoms with E-state index in [0.29, 0.717) is 17.9 Å². The van der Waals surface area contributed by atoms with Crippen molar-refractivity contribution in [3.8, 4) is 23.6 Å². The molecular formula is C15H13ClN2O4. The van der Waals surface area contributed by atoms with E-state index in [-0.39, 0.29) is 23.0 Å². The molecule has 0 aliphatic carbocycles. The summed E-state index contributed by atoms with van der Waals surface area (Å²) >= 11 is 6.09. The van der Waals surface area contributed by atoms with E-state index in [1.807, 2.05) is 0 Å². The van der Waals surface area contributed by atoms with Gasteiger partial charge in [-0.05, 0) is 24.6 Å². The molecule has 1 aromatic carbocycles. The highest BCUT2D eigenvalue weighted by molar-refractivity contribution is 6.32. The first-order chi connectivity index (χ1) is 10.5. The SMILES string of the molecule is CCOc1cc(C=C(C#N)C#N)c(Cl)cc1OCC(=O)OC. The molecule has 0 saturated carbocycles. The highest BCUT2D eigenvalue weighted by Crippen LogP contribution is 2.34. The highest BCUT2D eigenvalue weighted by Gasteiger charge is 2.12. The fourth-order valence-electron chi connectivity index (χ4n) is 1.48. The molecule has 0 bridgehead atoms. The van der Waals surface area contributed by atoms with Crippen LogP contribution in [0.4, 0.5) is 0 Å². The molecule has 1 rings (SSSR count). The van der Waals surface area contributed by atoms with Crippen LogP contribution in [0.15, 0.2) is 17.7 Å². The minimum absolute atomic E-state index is 0.0902. The van der Waals surface area contributed by atoms with E-state index < -0.39 is 5.97 Å². The predicted octanol–water partition coefficient (Wildman–Crippen LogP) is 2.72. The molecule has 0 aliphatic heterocycles. The molecule has 0 radical (unpaired) electrons. The van der Waals surface area contributed by atoms with Crippen molar-refractivity contribution in [2.75, 3.05) is 20.3 Å². The number of halogens is 1. The summed E-state index contributed by atoms with van der Waals surface area (Å²) in [7, 11) is 1.25. The Morgan fingerprint density at radius 2 is 1.91 bits per heavy atom. The van der Waals surface area contributed by atoms with Crippen LogP contribution >= 0.6 is 11.6 Å². The molecule has 0 N–H and O–H groups in total. The summed E-state index contributed by atoms with van der Waals surface area (Å²) in [6.45, 7) is 1.86. The lowest BCUT2D eigenvalue weighted by molar-refractivity contribution is -0.142. The maximum atomic E-state index is 11.1. The second-order valence-corrected chi connectivity index (χ2v) is 4.31. The van der Waals surface area contributed by atoms with Crippen LogP contribution in [-0.2, 0) is 9.53 Å². The number of benzene rings is 1. The van der Waals surface area contributed by atoms with Crippen molar-refractivity contribution in [1.82, 2.24) is 0 Å². The molecule has 0 unspecified atom stereocenters. The number of hydrogen-bond acceptors (Lipinski definition) is 6. The lowest BCUT2D eigenvalue weighted by Crippen LogP contribution is -2.13. The molecule has 0 atom stereocenters. The summed E-state index contributed by atoms with van der Waals surface area (Å²) in [5.74, 6) is 0.0703. The minimum Gasteiger partial charge on any atom is -0.490 e. The molecule has 0 fully saturated rings. The van der Waals surface area contributed by atoms with Crippen LogP contribution in [0.3, 0.4) is 0 Å². The smallest absolute Gasteiger partial charge is 0.343 e. The second-order valence-electron chi connectivity index (χ2n) is 3.90. The first-order valence-corrected chi connectivity index (χ1v) is 6.61. The van der Waals surface area contributed by atoms with E-state index in [1.54, 1.807) is 19.1 Å². The van der Waals surface area contributed by atoms with Crippen LogP contribution in [0.1, 0.15) is 12.5 Å². The third-order valence-corrected chi connectivity index (χ3v) is 2.80. The van der Waals surface area contributed by atoms with Gasteiger partial charge in [0.1, 0.15) is 17.7 Å². The largest absolute Gasteiger partial charge is 0.490 e. The number of allylic oxidation sites excluding steroid dienone is 1. The number of esters is 1. The van der Waals surface area contributed by atoms with Crippen LogP contribution in [-0.4, -0.2) is 26.3 Å². The number of nitrogens with zero attached hydrogens (tertiary/aromatic N) is 2. The fourth-order valence-corrected chi connectivity index (χ4v) is 1.69. The van der Waals surface area contributed by atoms with Gasteiger partial charge in [-0.1, -0.05) is 11.6 Å². The van der Waals surface area contributed by atoms with Gasteiger partial charge in [0.15, 0.2) is 18.1 Å². The molecule has 114 valence electrons. The topological polar surface area (TPSA) is 92.3 Å². The standard InChI is InChI=1S/C15H13ClN2O4/c1-3-21-13-5-11(4-10(7-17)8-18)12(16)6-14(13)22-9-15(19)20-2/h4-6H,3,9H2,1-2H3. The Labute approximate surface area is 133 Å². The lowest BCUT2D eigenvalue weighted by Gasteiger charge is -2.13. The third kappa shape index (κ3) is 4.69. The van der Waals surface area contributed by atoms with Crippen molar-refractivity contribution in [2.24, 2.45) is 0 Å². The Kier molecular flexibility index (Phi) is 6.75. The first-order valence-electron chi connectivity index (χ1n) is 6.23. The number of methoxy groups -OCH3 is 1. The summed E-state index contributed by atoms with van der Waals surface area (Å²) in [4.78, 5) is 11.1. The number of carbonyl (C=O) groups excluding carboxylic acids is 1. The summed E-state index contributed by atoms with van der Waals surface area (Å²) in [6.07, 6.45) is 1.34. The fraction of sp³-hybridized carbons (Fsp3) is 0.267. The summed E-state index contributed by atoms with van der Waals surface area (Å²) < 4.78 is 15.2. The van der Waals surface area contributed by atoms with Crippen LogP contribution in [0.5, 0.6) is 11.5 Å². The maximum Gasteiger partial charge on any atom is 0.343 e. The molecule has 0 aliphatic rings. The Bertz CT molecular complexity index is 655. The van der Waals surface area contributed by atoms with Crippen LogP contribution in [0, 0.1) is 22.7 Å². The normalized spacial score (nSPS) is 9.14. The average Bonchev–Trinajstić information content (AvgIpc) is 2.53. The van der Waals surface area contributed by atoms with E-state index >= 15 is 0 Å². The van der Waals surface area contributed by atoms with E-state index in [9.17, 15) is 4.79 Å². The quantitative estimate of drug-likeness (QED) is 0.591. The van der Waals surface area contributed by atoms with Gasteiger partial charge in [-0.3, -0.25) is 0 Å². The number of nitriles is 2. The van der Waals surface area contributed by atoms with E-state index in [1.165, 1.54) is 25.3 Å². The van der Waals surface area contributed by atoms with Crippen molar-refractivity contribution in [3.05, 3.63) is 28.3 Å². The van der Waals surface area contributed by atoms with Gasteiger partial charge in [0.2, 0.25) is 0 Å². The minimum atomic E-state index is -0.543. The lowest BCUT2D eigenvalue weighted by atomic mass is 10.1. The van der Waals surface area contributed by atoms with Gasteiger partial charge in [-0.2, -0.15) is 10.5 Å². The molecule has 0 amide bonds. The summed E-state index contributed by atoms with van der Waals surface area (Å²) in [5, 5.41) is 17.8. The molecule has 6 nitrogen and oxygen atoms in total. The molecule has 0 heterocycles. The summed E-state index contributed by atoms with van der Waals surface area (Å²) in [6, 6.07) is 6.49. The van der Waals surface area contributed by atoms with Crippen LogP contribution in [0.2, 0.25) is 5.02 Å². The van der Waals surface area contributed by atoms with Crippen molar-refractivity contribution >= 4 is 23.6 Å². The van der Waals surface area contributed by atoms with E-state index in [0.717, 1.165) is 0 Å². The Morgan fingerprint density at radius 1 is 1.27 bits per heavy atom. The number of rotatable bonds is 6. The Hall–Kier alpha value is -2.70. The molecule has 0 spiro atoms. The van der Waals surface area contributed by atoms with Crippen molar-refractivity contribution in [3.63, 3.8) is 0 Å². The summed E-state index contributed by atoms with van der Waals surface area (Å²) in [5.41, 5.74) is 0.348. The average molecular weight is 321 g/mol. The van der Waals surface area contributed by atoms with Gasteiger partial charge in [-0.25, -0.2) is 4.79 Å². The van der Waals surface area contributed by atoms with Crippen molar-refractivity contribution in [1.29, 1.82) is 10.5 Å². The molecular weight excluding hydrogens is 308 g/mol. The Balaban J connectivity index is 3.18. The molecule has 1 aromatic rings. The van der Waals surface area contributed by atoms with E-state index in [4.69, 9.17) is 31.6 Å². The van der Waals surface area contributed by atoms with Crippen molar-refractivity contribution < 1.29 is 19.0 Å². The predicted molar refractivity (Wildman–Crippen MR) is 79.3 cm³/mol. The first kappa shape index (κ1) is 17.4. The monoisotopic (exact) mass is 320 g/mol. The molecule has 0 saturated heterocycles. The number of hydrogen-bond donors (Lipinski definition) is 0. The van der Waals surface area contributed by atoms with Gasteiger partial charge in [0.05, 0.1) is 18.7 Å².